The fourth-order valence-electron chi connectivity index (χ4n) is 8.57. The van der Waals surface area contributed by atoms with Crippen LogP contribution in [0.15, 0.2) is 91.4 Å². The molecule has 0 spiro atoms. The lowest BCUT2D eigenvalue weighted by Crippen LogP contribution is -2.51. The van der Waals surface area contributed by atoms with Crippen molar-refractivity contribution in [3.63, 3.8) is 0 Å². The van der Waals surface area contributed by atoms with Crippen LogP contribution in [-0.4, -0.2) is 103 Å². The van der Waals surface area contributed by atoms with Crippen molar-refractivity contribution in [1.29, 1.82) is 0 Å². The number of likely N-dealkylation sites (tertiary alicyclic amines) is 2. The molecule has 16 nitrogen and oxygen atoms in total. The average molecular weight is 853 g/mol. The smallest absolute Gasteiger partial charge is 0.407 e. The predicted molar refractivity (Wildman–Crippen MR) is 236 cm³/mol. The molecule has 3 aromatic heterocycles. The van der Waals surface area contributed by atoms with Gasteiger partial charge in [-0.2, -0.15) is 0 Å². The monoisotopic (exact) mass is 852 g/mol. The van der Waals surface area contributed by atoms with Crippen molar-refractivity contribution in [2.75, 3.05) is 27.3 Å². The second-order valence-corrected chi connectivity index (χ2v) is 16.4. The summed E-state index contributed by atoms with van der Waals surface area (Å²) in [5.41, 5.74) is 7.62. The zero-order chi connectivity index (χ0) is 44.0. The summed E-state index contributed by atoms with van der Waals surface area (Å²) in [6, 6.07) is 21.8. The number of ether oxygens (including phenoxy) is 2. The first-order valence-electron chi connectivity index (χ1n) is 21.4. The van der Waals surface area contributed by atoms with Crippen molar-refractivity contribution in [3.05, 3.63) is 109 Å². The number of carbonyl (C=O) groups excluding carboxylic acids is 4. The van der Waals surface area contributed by atoms with Crippen molar-refractivity contribution in [1.82, 2.24) is 50.3 Å². The molecule has 2 fully saturated rings. The van der Waals surface area contributed by atoms with Gasteiger partial charge in [0.2, 0.25) is 11.8 Å². The molecule has 4 amide bonds. The number of nitrogens with zero attached hydrogens (tertiary/aromatic N) is 6. The van der Waals surface area contributed by atoms with E-state index in [9.17, 15) is 19.2 Å². The van der Waals surface area contributed by atoms with E-state index in [4.69, 9.17) is 24.4 Å². The van der Waals surface area contributed by atoms with Gasteiger partial charge < -0.3 is 39.9 Å². The van der Waals surface area contributed by atoms with E-state index in [-0.39, 0.29) is 29.8 Å². The number of hydrogen-bond donors (Lipinski definition) is 4. The molecule has 2 saturated heterocycles. The Morgan fingerprint density at radius 2 is 1.29 bits per heavy atom. The molecule has 0 radical (unpaired) electrons. The molecular weight excluding hydrogens is 801 g/mol. The van der Waals surface area contributed by atoms with Crippen LogP contribution in [0.3, 0.4) is 0 Å². The van der Waals surface area contributed by atoms with E-state index >= 15 is 0 Å². The maximum Gasteiger partial charge on any atom is 0.407 e. The number of aryl methyl sites for hydroxylation is 1. The molecule has 5 heterocycles. The maximum absolute atomic E-state index is 13.9. The number of aromatic nitrogens is 6. The topological polar surface area (TPSA) is 200 Å². The summed E-state index contributed by atoms with van der Waals surface area (Å²) in [5, 5.41) is 5.45. The summed E-state index contributed by atoms with van der Waals surface area (Å²) < 4.78 is 9.62. The highest BCUT2D eigenvalue weighted by Crippen LogP contribution is 2.35. The highest BCUT2D eigenvalue weighted by molar-refractivity contribution is 5.87. The second kappa shape index (κ2) is 18.9. The number of aromatic amines is 2. The van der Waals surface area contributed by atoms with Gasteiger partial charge in [-0.05, 0) is 67.7 Å². The summed E-state index contributed by atoms with van der Waals surface area (Å²) >= 11 is 0. The molecule has 0 saturated carbocycles. The number of amides is 4. The minimum atomic E-state index is -0.740. The quantitative estimate of drug-likeness (QED) is 0.0926. The molecule has 6 aromatic rings. The highest BCUT2D eigenvalue weighted by atomic mass is 16.5. The number of benzene rings is 3. The van der Waals surface area contributed by atoms with E-state index in [0.717, 1.165) is 76.1 Å². The lowest BCUT2D eigenvalue weighted by Gasteiger charge is -2.30. The fraction of sp³-hybridized carbons (Fsp3) is 0.362. The Morgan fingerprint density at radius 1 is 0.698 bits per heavy atom. The number of hydrogen-bond acceptors (Lipinski definition) is 10. The van der Waals surface area contributed by atoms with Crippen molar-refractivity contribution in [2.24, 2.45) is 5.92 Å². The number of H-pyrrole nitrogens is 2. The van der Waals surface area contributed by atoms with Crippen LogP contribution in [0.4, 0.5) is 9.59 Å². The second-order valence-electron chi connectivity index (χ2n) is 16.4. The van der Waals surface area contributed by atoms with Crippen molar-refractivity contribution in [3.8, 4) is 33.8 Å². The van der Waals surface area contributed by atoms with Crippen molar-refractivity contribution >= 4 is 35.0 Å². The first-order chi connectivity index (χ1) is 30.6. The first kappa shape index (κ1) is 42.6. The van der Waals surface area contributed by atoms with Gasteiger partial charge in [0.1, 0.15) is 23.7 Å². The van der Waals surface area contributed by atoms with Crippen LogP contribution in [-0.2, 0) is 25.5 Å². The van der Waals surface area contributed by atoms with E-state index < -0.39 is 24.3 Å². The number of imidazole rings is 2. The van der Waals surface area contributed by atoms with Crippen LogP contribution >= 0.6 is 0 Å². The van der Waals surface area contributed by atoms with E-state index in [1.54, 1.807) is 23.5 Å². The van der Waals surface area contributed by atoms with Gasteiger partial charge >= 0.3 is 12.2 Å². The summed E-state index contributed by atoms with van der Waals surface area (Å²) in [6.45, 7) is 4.93. The third-order valence-corrected chi connectivity index (χ3v) is 12.0. The van der Waals surface area contributed by atoms with Gasteiger partial charge in [-0.25, -0.2) is 24.5 Å². The van der Waals surface area contributed by atoms with Crippen LogP contribution in [0.2, 0.25) is 0 Å². The van der Waals surface area contributed by atoms with E-state index in [2.05, 4.69) is 25.6 Å². The average Bonchev–Trinajstić information content (AvgIpc) is 4.16. The van der Waals surface area contributed by atoms with Crippen molar-refractivity contribution < 1.29 is 28.7 Å². The van der Waals surface area contributed by atoms with Gasteiger partial charge in [0.05, 0.1) is 73.0 Å². The molecule has 0 unspecified atom stereocenters. The van der Waals surface area contributed by atoms with Crippen LogP contribution in [0.5, 0.6) is 0 Å². The molecule has 63 heavy (non-hydrogen) atoms. The Bertz CT molecular complexity index is 2570. The number of carbonyl (C=O) groups is 4. The Hall–Kier alpha value is -7.10. The summed E-state index contributed by atoms with van der Waals surface area (Å²) in [6.07, 6.45) is 8.28. The number of nitrogens with one attached hydrogen (secondary N) is 4. The summed E-state index contributed by atoms with van der Waals surface area (Å²) in [5.74, 6) is 0.964. The van der Waals surface area contributed by atoms with Crippen LogP contribution in [0.1, 0.15) is 75.2 Å². The fourth-order valence-corrected chi connectivity index (χ4v) is 8.57. The molecule has 3 aromatic carbocycles. The molecule has 2 aliphatic rings. The Morgan fingerprint density at radius 3 is 1.92 bits per heavy atom. The zero-order valence-corrected chi connectivity index (χ0v) is 35.8. The molecular formula is C47H52N10O6. The minimum Gasteiger partial charge on any atom is -0.453 e. The zero-order valence-electron chi connectivity index (χ0n) is 35.8. The molecule has 16 heteroatoms. The van der Waals surface area contributed by atoms with E-state index in [1.165, 1.54) is 14.2 Å². The van der Waals surface area contributed by atoms with Gasteiger partial charge in [0.15, 0.2) is 0 Å². The summed E-state index contributed by atoms with van der Waals surface area (Å²) in [7, 11) is 2.58. The SMILES string of the molecule is COC(=O)N[C@H](C(=O)N1CCC[C@H]1c1ncc(-c2ccc(-c3cnc4cc(-c5cnc([C@@H]6CCCN6C(=O)[C@@H](CCc6ccccc6)NC(=O)OC)[nH]5)ccc4n3)cc2)[nH]1)C(C)C. The summed E-state index contributed by atoms with van der Waals surface area (Å²) in [4.78, 5) is 81.4. The van der Waals surface area contributed by atoms with Gasteiger partial charge in [0, 0.05) is 24.2 Å². The molecule has 4 N–H and O–H groups in total. The highest BCUT2D eigenvalue weighted by Gasteiger charge is 2.38. The molecule has 8 rings (SSSR count). The van der Waals surface area contributed by atoms with Crippen molar-refractivity contribution in [2.45, 2.75) is 76.5 Å². The lowest BCUT2D eigenvalue weighted by atomic mass is 10.0. The number of rotatable bonds is 13. The third kappa shape index (κ3) is 9.39. The minimum absolute atomic E-state index is 0.116. The van der Waals surface area contributed by atoms with Crippen LogP contribution < -0.4 is 10.6 Å². The van der Waals surface area contributed by atoms with Crippen LogP contribution in [0.25, 0.3) is 44.8 Å². The van der Waals surface area contributed by atoms with Crippen LogP contribution in [0, 0.1) is 5.92 Å². The largest absolute Gasteiger partial charge is 0.453 e. The molecule has 0 aliphatic carbocycles. The maximum atomic E-state index is 13.9. The van der Waals surface area contributed by atoms with Gasteiger partial charge in [0.25, 0.3) is 0 Å². The molecule has 0 bridgehead atoms. The Labute approximate surface area is 365 Å². The number of methoxy groups -OCH3 is 2. The van der Waals surface area contributed by atoms with Gasteiger partial charge in [-0.15, -0.1) is 0 Å². The molecule has 326 valence electrons. The van der Waals surface area contributed by atoms with Gasteiger partial charge in [-0.1, -0.05) is 74.5 Å². The first-order valence-corrected chi connectivity index (χ1v) is 21.4. The number of alkyl carbamates (subject to hydrolysis) is 2. The normalized spacial score (nSPS) is 17.2. The molecule has 2 aliphatic heterocycles. The Kier molecular flexibility index (Phi) is 12.8. The molecule has 4 atom stereocenters. The predicted octanol–water partition coefficient (Wildman–Crippen LogP) is 7.14. The van der Waals surface area contributed by atoms with E-state index in [1.807, 2.05) is 91.5 Å². The third-order valence-electron chi connectivity index (χ3n) is 12.0. The lowest BCUT2D eigenvalue weighted by molar-refractivity contribution is -0.135. The van der Waals surface area contributed by atoms with Gasteiger partial charge in [-0.3, -0.25) is 14.6 Å². The number of fused-ring (bicyclic) bond motifs is 1. The standard InChI is InChI=1S/C47H52N10O6/c1-28(2)41(55-47(61)63-4)45(59)57-23-9-13-40(57)43-49-26-37(52-43)31-17-15-30(16-18-31)36-25-48-35-24-32(19-21-33(35)51-36)38-27-50-42(53-38)39-12-8-22-56(39)44(58)34(54-46(60)62-3)20-14-29-10-6-5-7-11-29/h5-7,10-11,15-19,21,24-28,34,39-41H,8-9,12-14,20,22-23H2,1-4H3,(H,49,52)(H,50,53)(H,54,60)(H,55,61)/t34-,39+,40+,41+/m1/s1. The van der Waals surface area contributed by atoms with E-state index in [0.29, 0.717) is 37.6 Å². The Balaban J connectivity index is 0.928.